The second-order valence-corrected chi connectivity index (χ2v) is 5.19. The molecule has 0 aliphatic carbocycles. The number of hydrogen-bond donors (Lipinski definition) is 3. The Morgan fingerprint density at radius 3 is 2.95 bits per heavy atom. The van der Waals surface area contributed by atoms with Crippen molar-refractivity contribution in [2.45, 2.75) is 13.5 Å². The first-order chi connectivity index (χ1) is 9.66. The average molecular weight is 289 g/mol. The van der Waals surface area contributed by atoms with Crippen LogP contribution in [0.15, 0.2) is 23.5 Å². The fourth-order valence-corrected chi connectivity index (χ4v) is 3.00. The summed E-state index contributed by atoms with van der Waals surface area (Å²) in [6.07, 6.45) is 4.65. The number of carbonyl (C=O) groups excluding carboxylic acids is 1. The molecule has 0 aliphatic heterocycles. The van der Waals surface area contributed by atoms with Crippen molar-refractivity contribution in [2.75, 3.05) is 0 Å². The van der Waals surface area contributed by atoms with Gasteiger partial charge in [-0.25, -0.2) is 9.97 Å². The topological polar surface area (TPSA) is 104 Å². The van der Waals surface area contributed by atoms with E-state index in [-0.39, 0.29) is 11.5 Å². The molecule has 0 spiro atoms. The van der Waals surface area contributed by atoms with E-state index in [2.05, 4.69) is 25.3 Å². The predicted molar refractivity (Wildman–Crippen MR) is 74.7 cm³/mol. The third-order valence-electron chi connectivity index (χ3n) is 2.91. The number of aryl methyl sites for hydroxylation is 1. The maximum atomic E-state index is 12.2. The number of hydrogen-bond acceptors (Lipinski definition) is 5. The van der Waals surface area contributed by atoms with Gasteiger partial charge in [0.2, 0.25) is 0 Å². The molecular weight excluding hydrogens is 278 g/mol. The molecule has 3 heterocycles. The quantitative estimate of drug-likeness (QED) is 0.667. The molecule has 3 aromatic rings. The van der Waals surface area contributed by atoms with Gasteiger partial charge in [-0.05, 0) is 12.5 Å². The van der Waals surface area contributed by atoms with Crippen molar-refractivity contribution in [3.05, 3.63) is 45.3 Å². The number of carbonyl (C=O) groups is 1. The third-order valence-corrected chi connectivity index (χ3v) is 4.11. The highest BCUT2D eigenvalue weighted by Crippen LogP contribution is 2.26. The lowest BCUT2D eigenvalue weighted by Crippen LogP contribution is -2.23. The van der Waals surface area contributed by atoms with Crippen LogP contribution in [0.5, 0.6) is 0 Å². The first-order valence-electron chi connectivity index (χ1n) is 5.90. The summed E-state index contributed by atoms with van der Waals surface area (Å²) in [4.78, 5) is 38.5. The maximum Gasteiger partial charge on any atom is 0.262 e. The molecule has 20 heavy (non-hydrogen) atoms. The van der Waals surface area contributed by atoms with Gasteiger partial charge >= 0.3 is 0 Å². The fraction of sp³-hybridized carbons (Fsp3) is 0.167. The Labute approximate surface area is 117 Å². The Hall–Kier alpha value is -2.48. The number of nitrogens with one attached hydrogen (secondary N) is 3. The van der Waals surface area contributed by atoms with Gasteiger partial charge in [0.1, 0.15) is 10.7 Å². The number of aromatic nitrogens is 4. The summed E-state index contributed by atoms with van der Waals surface area (Å²) in [5.74, 6) is 0.439. The van der Waals surface area contributed by atoms with Crippen LogP contribution in [0.1, 0.15) is 21.1 Å². The molecule has 0 fully saturated rings. The Morgan fingerprint density at radius 1 is 1.40 bits per heavy atom. The first kappa shape index (κ1) is 12.5. The van der Waals surface area contributed by atoms with E-state index >= 15 is 0 Å². The van der Waals surface area contributed by atoms with Crippen LogP contribution in [0.25, 0.3) is 10.2 Å². The number of H-pyrrole nitrogens is 2. The number of thiophene rings is 1. The van der Waals surface area contributed by atoms with Gasteiger partial charge in [0, 0.05) is 12.4 Å². The molecule has 0 atom stereocenters. The van der Waals surface area contributed by atoms with Gasteiger partial charge < -0.3 is 15.3 Å². The molecule has 0 aliphatic rings. The van der Waals surface area contributed by atoms with E-state index in [1.807, 2.05) is 0 Å². The van der Waals surface area contributed by atoms with Gasteiger partial charge in [-0.2, -0.15) is 0 Å². The van der Waals surface area contributed by atoms with Crippen molar-refractivity contribution in [1.29, 1.82) is 0 Å². The first-order valence-corrected chi connectivity index (χ1v) is 6.71. The summed E-state index contributed by atoms with van der Waals surface area (Å²) in [5, 5.41) is 3.23. The summed E-state index contributed by atoms with van der Waals surface area (Å²) >= 11 is 1.21. The van der Waals surface area contributed by atoms with E-state index in [4.69, 9.17) is 0 Å². The highest BCUT2D eigenvalue weighted by molar-refractivity contribution is 7.20. The maximum absolute atomic E-state index is 12.2. The molecule has 0 aromatic carbocycles. The van der Waals surface area contributed by atoms with Crippen molar-refractivity contribution < 1.29 is 4.79 Å². The standard InChI is InChI=1S/C12H11N5O2S/c1-6-8-10(18)16-5-17-12(8)20-9(6)11(19)15-4-7-13-2-3-14-7/h2-3,5H,4H2,1H3,(H,13,14)(H,15,19)(H,16,17,18). The van der Waals surface area contributed by atoms with Crippen LogP contribution < -0.4 is 10.9 Å². The molecular formula is C12H11N5O2S. The van der Waals surface area contributed by atoms with Crippen molar-refractivity contribution >= 4 is 27.5 Å². The normalized spacial score (nSPS) is 10.8. The lowest BCUT2D eigenvalue weighted by molar-refractivity contribution is 0.0953. The molecule has 0 radical (unpaired) electrons. The van der Waals surface area contributed by atoms with Crippen molar-refractivity contribution in [3.8, 4) is 0 Å². The fourth-order valence-electron chi connectivity index (χ4n) is 1.93. The van der Waals surface area contributed by atoms with E-state index in [1.54, 1.807) is 19.3 Å². The van der Waals surface area contributed by atoms with Crippen LogP contribution in [0.3, 0.4) is 0 Å². The van der Waals surface area contributed by atoms with Crippen molar-refractivity contribution in [2.24, 2.45) is 0 Å². The molecule has 0 saturated heterocycles. The van der Waals surface area contributed by atoms with Crippen molar-refractivity contribution in [1.82, 2.24) is 25.3 Å². The summed E-state index contributed by atoms with van der Waals surface area (Å²) in [7, 11) is 0. The summed E-state index contributed by atoms with van der Waals surface area (Å²) < 4.78 is 0. The minimum absolute atomic E-state index is 0.228. The van der Waals surface area contributed by atoms with Gasteiger partial charge in [-0.1, -0.05) is 0 Å². The Morgan fingerprint density at radius 2 is 2.25 bits per heavy atom. The lowest BCUT2D eigenvalue weighted by atomic mass is 10.2. The number of amides is 1. The summed E-state index contributed by atoms with van der Waals surface area (Å²) in [6.45, 7) is 2.06. The zero-order valence-electron chi connectivity index (χ0n) is 10.6. The van der Waals surface area contributed by atoms with E-state index in [0.29, 0.717) is 33.0 Å². The SMILES string of the molecule is Cc1c(C(=O)NCc2ncc[nH]2)sc2nc[nH]c(=O)c12. The van der Waals surface area contributed by atoms with Gasteiger partial charge in [-0.15, -0.1) is 11.3 Å². The Kier molecular flexibility index (Phi) is 3.07. The van der Waals surface area contributed by atoms with Gasteiger partial charge in [0.15, 0.2) is 0 Å². The molecule has 102 valence electrons. The highest BCUT2D eigenvalue weighted by atomic mass is 32.1. The minimum Gasteiger partial charge on any atom is -0.347 e. The third kappa shape index (κ3) is 2.10. The molecule has 8 heteroatoms. The molecule has 7 nitrogen and oxygen atoms in total. The van der Waals surface area contributed by atoms with Gasteiger partial charge in [0.25, 0.3) is 11.5 Å². The van der Waals surface area contributed by atoms with Crippen molar-refractivity contribution in [3.63, 3.8) is 0 Å². The molecule has 1 amide bonds. The van der Waals surface area contributed by atoms with Crippen LogP contribution in [0.2, 0.25) is 0 Å². The molecule has 0 unspecified atom stereocenters. The summed E-state index contributed by atoms with van der Waals surface area (Å²) in [6, 6.07) is 0. The second-order valence-electron chi connectivity index (χ2n) is 4.19. The van der Waals surface area contributed by atoms with E-state index in [9.17, 15) is 9.59 Å². The van der Waals surface area contributed by atoms with Gasteiger partial charge in [-0.3, -0.25) is 9.59 Å². The summed E-state index contributed by atoms with van der Waals surface area (Å²) in [5.41, 5.74) is 0.421. The molecule has 3 aromatic heterocycles. The molecule has 3 N–H and O–H groups in total. The van der Waals surface area contributed by atoms with Crippen LogP contribution in [0, 0.1) is 6.92 Å². The molecule has 0 bridgehead atoms. The average Bonchev–Trinajstić information content (AvgIpc) is 3.05. The van der Waals surface area contributed by atoms with Crippen LogP contribution in [-0.2, 0) is 6.54 Å². The zero-order chi connectivity index (χ0) is 14.1. The Bertz CT molecular complexity index is 818. The van der Waals surface area contributed by atoms with Crippen LogP contribution in [-0.4, -0.2) is 25.8 Å². The van der Waals surface area contributed by atoms with E-state index < -0.39 is 0 Å². The molecule has 0 saturated carbocycles. The van der Waals surface area contributed by atoms with Crippen LogP contribution >= 0.6 is 11.3 Å². The van der Waals surface area contributed by atoms with Crippen LogP contribution in [0.4, 0.5) is 0 Å². The largest absolute Gasteiger partial charge is 0.347 e. The molecule has 3 rings (SSSR count). The number of rotatable bonds is 3. The lowest BCUT2D eigenvalue weighted by Gasteiger charge is -2.01. The number of nitrogens with zero attached hydrogens (tertiary/aromatic N) is 2. The van der Waals surface area contributed by atoms with E-state index in [0.717, 1.165) is 0 Å². The monoisotopic (exact) mass is 289 g/mol. The minimum atomic E-state index is -0.235. The van der Waals surface area contributed by atoms with E-state index in [1.165, 1.54) is 17.7 Å². The Balaban J connectivity index is 1.90. The second kappa shape index (κ2) is 4.89. The number of fused-ring (bicyclic) bond motifs is 1. The predicted octanol–water partition coefficient (Wildman–Crippen LogP) is 0.946. The zero-order valence-corrected chi connectivity index (χ0v) is 11.4. The highest BCUT2D eigenvalue weighted by Gasteiger charge is 2.18. The van der Waals surface area contributed by atoms with Gasteiger partial charge in [0.05, 0.1) is 23.1 Å². The smallest absolute Gasteiger partial charge is 0.262 e. The number of aromatic amines is 2. The number of imidazole rings is 1.